The van der Waals surface area contributed by atoms with Gasteiger partial charge in [-0.25, -0.2) is 0 Å². The number of aromatic nitrogens is 3. The lowest BCUT2D eigenvalue weighted by Crippen LogP contribution is -2.29. The van der Waals surface area contributed by atoms with E-state index in [9.17, 15) is 9.90 Å². The van der Waals surface area contributed by atoms with Gasteiger partial charge in [-0.3, -0.25) is 14.9 Å². The third-order valence-electron chi connectivity index (χ3n) is 6.15. The highest BCUT2D eigenvalue weighted by Crippen LogP contribution is 2.46. The lowest BCUT2D eigenvalue weighted by atomic mass is 9.94. The molecule has 1 aliphatic rings. The molecule has 0 saturated carbocycles. The van der Waals surface area contributed by atoms with Crippen molar-refractivity contribution in [2.75, 3.05) is 13.7 Å². The number of aromatic amines is 1. The quantitative estimate of drug-likeness (QED) is 0.408. The van der Waals surface area contributed by atoms with Crippen molar-refractivity contribution in [3.63, 3.8) is 0 Å². The van der Waals surface area contributed by atoms with Gasteiger partial charge < -0.3 is 19.5 Å². The number of phenols is 1. The van der Waals surface area contributed by atoms with Gasteiger partial charge >= 0.3 is 0 Å². The number of benzene rings is 2. The van der Waals surface area contributed by atoms with Crippen LogP contribution < -0.4 is 9.47 Å². The van der Waals surface area contributed by atoms with Crippen LogP contribution in [0.4, 0.5) is 0 Å². The van der Waals surface area contributed by atoms with Gasteiger partial charge in [-0.05, 0) is 55.3 Å². The van der Waals surface area contributed by atoms with Crippen molar-refractivity contribution in [1.82, 2.24) is 20.1 Å². The van der Waals surface area contributed by atoms with E-state index in [2.05, 4.69) is 15.2 Å². The molecule has 1 atom stereocenters. The monoisotopic (exact) mass is 470 g/mol. The molecule has 0 radical (unpaired) electrons. The highest BCUT2D eigenvalue weighted by atomic mass is 16.5. The molecule has 2 N–H and O–H groups in total. The smallest absolute Gasteiger partial charge is 0.273 e. The number of H-pyrrole nitrogens is 1. The number of ether oxygens (including phenoxy) is 2. The van der Waals surface area contributed by atoms with Crippen LogP contribution in [-0.2, 0) is 6.54 Å². The second-order valence-corrected chi connectivity index (χ2v) is 8.42. The van der Waals surface area contributed by atoms with Crippen LogP contribution in [-0.4, -0.2) is 44.8 Å². The van der Waals surface area contributed by atoms with Crippen molar-refractivity contribution < 1.29 is 19.4 Å². The summed E-state index contributed by atoms with van der Waals surface area (Å²) in [5.41, 5.74) is 4.96. The van der Waals surface area contributed by atoms with Crippen LogP contribution in [0.25, 0.3) is 11.3 Å². The maximum atomic E-state index is 13.6. The number of aryl methyl sites for hydroxylation is 1. The number of rotatable bonds is 7. The summed E-state index contributed by atoms with van der Waals surface area (Å²) < 4.78 is 11.3. The Bertz CT molecular complexity index is 1380. The van der Waals surface area contributed by atoms with Crippen LogP contribution >= 0.6 is 0 Å². The molecule has 1 aliphatic heterocycles. The fourth-order valence-corrected chi connectivity index (χ4v) is 4.57. The second-order valence-electron chi connectivity index (χ2n) is 8.42. The van der Waals surface area contributed by atoms with Crippen LogP contribution in [0.2, 0.25) is 0 Å². The second kappa shape index (κ2) is 9.13. The minimum atomic E-state index is -0.462. The number of hydrogen-bond donors (Lipinski definition) is 2. The Morgan fingerprint density at radius 3 is 2.74 bits per heavy atom. The van der Waals surface area contributed by atoms with Crippen LogP contribution in [0, 0.1) is 6.92 Å². The first-order valence-corrected chi connectivity index (χ1v) is 11.4. The number of carbonyl (C=O) groups excluding carboxylic acids is 1. The molecule has 0 spiro atoms. The lowest BCUT2D eigenvalue weighted by Gasteiger charge is -2.27. The highest BCUT2D eigenvalue weighted by molar-refractivity contribution is 6.00. The molecule has 8 heteroatoms. The van der Waals surface area contributed by atoms with Crippen LogP contribution in [0.3, 0.4) is 0 Å². The van der Waals surface area contributed by atoms with E-state index < -0.39 is 6.04 Å². The maximum Gasteiger partial charge on any atom is 0.273 e. The van der Waals surface area contributed by atoms with Gasteiger partial charge in [0, 0.05) is 30.1 Å². The van der Waals surface area contributed by atoms with Gasteiger partial charge in [-0.1, -0.05) is 23.8 Å². The van der Waals surface area contributed by atoms with Crippen molar-refractivity contribution in [3.05, 3.63) is 88.9 Å². The Labute approximate surface area is 203 Å². The van der Waals surface area contributed by atoms with Crippen LogP contribution in [0.5, 0.6) is 17.2 Å². The summed E-state index contributed by atoms with van der Waals surface area (Å²) in [5.74, 6) is 1.14. The molecule has 0 fully saturated rings. The number of pyridine rings is 1. The standard InChI is InChI=1S/C27H26N4O4/c1-4-35-21-10-8-18(13-22(21)34-3)26-23-24(19-12-16(2)7-9-20(19)32)29-30-25(23)27(33)31(26)15-17-6-5-11-28-14-17/h5-14,26,32H,4,15H2,1-3H3,(H,29,30)/t26-/m1/s1. The number of methoxy groups -OCH3 is 1. The number of hydrogen-bond acceptors (Lipinski definition) is 6. The summed E-state index contributed by atoms with van der Waals surface area (Å²) in [6.45, 7) is 4.73. The van der Waals surface area contributed by atoms with Crippen molar-refractivity contribution in [2.24, 2.45) is 0 Å². The first-order valence-electron chi connectivity index (χ1n) is 11.4. The normalized spacial score (nSPS) is 14.8. The molecule has 0 unspecified atom stereocenters. The van der Waals surface area contributed by atoms with Gasteiger partial charge in [0.15, 0.2) is 11.5 Å². The van der Waals surface area contributed by atoms with Crippen LogP contribution in [0.15, 0.2) is 60.9 Å². The number of nitrogens with one attached hydrogen (secondary N) is 1. The molecule has 35 heavy (non-hydrogen) atoms. The molecule has 5 rings (SSSR count). The molecule has 2 aromatic carbocycles. The molecule has 0 aliphatic carbocycles. The Hall–Kier alpha value is -4.33. The van der Waals surface area contributed by atoms with Gasteiger partial charge in [0.05, 0.1) is 19.8 Å². The van der Waals surface area contributed by atoms with E-state index >= 15 is 0 Å². The first-order chi connectivity index (χ1) is 17.0. The Morgan fingerprint density at radius 1 is 1.14 bits per heavy atom. The number of aromatic hydroxyl groups is 1. The average molecular weight is 471 g/mol. The summed E-state index contributed by atoms with van der Waals surface area (Å²) in [7, 11) is 1.59. The molecular formula is C27H26N4O4. The van der Waals surface area contributed by atoms with E-state index in [-0.39, 0.29) is 11.7 Å². The largest absolute Gasteiger partial charge is 0.507 e. The van der Waals surface area contributed by atoms with Crippen molar-refractivity contribution in [3.8, 4) is 28.5 Å². The zero-order chi connectivity index (χ0) is 24.5. The first kappa shape index (κ1) is 22.5. The van der Waals surface area contributed by atoms with E-state index in [0.29, 0.717) is 47.2 Å². The van der Waals surface area contributed by atoms with E-state index in [1.165, 1.54) is 0 Å². The number of carbonyl (C=O) groups is 1. The van der Waals surface area contributed by atoms with E-state index in [4.69, 9.17) is 9.47 Å². The van der Waals surface area contributed by atoms with Crippen molar-refractivity contribution in [1.29, 1.82) is 0 Å². The number of fused-ring (bicyclic) bond motifs is 1. The number of amides is 1. The predicted molar refractivity (Wildman–Crippen MR) is 131 cm³/mol. The highest BCUT2D eigenvalue weighted by Gasteiger charge is 2.42. The molecule has 3 heterocycles. The van der Waals surface area contributed by atoms with Gasteiger partial charge in [-0.15, -0.1) is 0 Å². The Morgan fingerprint density at radius 2 is 2.00 bits per heavy atom. The van der Waals surface area contributed by atoms with Gasteiger partial charge in [0.2, 0.25) is 0 Å². The molecule has 0 saturated heterocycles. The summed E-state index contributed by atoms with van der Waals surface area (Å²) in [6, 6.07) is 14.4. The molecular weight excluding hydrogens is 444 g/mol. The van der Waals surface area contributed by atoms with Crippen LogP contribution in [0.1, 0.15) is 45.7 Å². The predicted octanol–water partition coefficient (Wildman–Crippen LogP) is 4.64. The fourth-order valence-electron chi connectivity index (χ4n) is 4.57. The number of nitrogens with zero attached hydrogens (tertiary/aromatic N) is 3. The molecule has 0 bridgehead atoms. The number of phenolic OH excluding ortho intramolecular Hbond substituents is 1. The van der Waals surface area contributed by atoms with E-state index in [0.717, 1.165) is 16.7 Å². The zero-order valence-corrected chi connectivity index (χ0v) is 19.8. The summed E-state index contributed by atoms with van der Waals surface area (Å²) in [4.78, 5) is 19.6. The Balaban J connectivity index is 1.68. The van der Waals surface area contributed by atoms with E-state index in [1.54, 1.807) is 30.5 Å². The third-order valence-corrected chi connectivity index (χ3v) is 6.15. The third kappa shape index (κ3) is 3.97. The zero-order valence-electron chi connectivity index (χ0n) is 19.8. The topological polar surface area (TPSA) is 101 Å². The maximum absolute atomic E-state index is 13.6. The molecule has 2 aromatic heterocycles. The van der Waals surface area contributed by atoms with Gasteiger partial charge in [0.25, 0.3) is 5.91 Å². The lowest BCUT2D eigenvalue weighted by molar-refractivity contribution is 0.0729. The Kier molecular flexibility index (Phi) is 5.86. The molecule has 1 amide bonds. The fraction of sp³-hybridized carbons (Fsp3) is 0.222. The minimum absolute atomic E-state index is 0.103. The van der Waals surface area contributed by atoms with Crippen molar-refractivity contribution in [2.45, 2.75) is 26.4 Å². The summed E-state index contributed by atoms with van der Waals surface area (Å²) in [5, 5.41) is 18.0. The van der Waals surface area contributed by atoms with Gasteiger partial charge in [-0.2, -0.15) is 5.10 Å². The molecule has 8 nitrogen and oxygen atoms in total. The van der Waals surface area contributed by atoms with E-state index in [1.807, 2.05) is 56.3 Å². The SMILES string of the molecule is CCOc1ccc([C@@H]2c3c(-c4cc(C)ccc4O)n[nH]c3C(=O)N2Cc2cccnc2)cc1OC. The summed E-state index contributed by atoms with van der Waals surface area (Å²) >= 11 is 0. The van der Waals surface area contributed by atoms with Crippen molar-refractivity contribution >= 4 is 5.91 Å². The summed E-state index contributed by atoms with van der Waals surface area (Å²) in [6.07, 6.45) is 3.45. The van der Waals surface area contributed by atoms with Gasteiger partial charge in [0.1, 0.15) is 17.1 Å². The molecule has 178 valence electrons. The minimum Gasteiger partial charge on any atom is -0.507 e. The average Bonchev–Trinajstić information content (AvgIpc) is 3.41. The molecule has 4 aromatic rings.